The molecule has 0 spiro atoms. The molecule has 0 radical (unpaired) electrons. The second kappa shape index (κ2) is 3.58. The molecule has 2 atom stereocenters. The van der Waals surface area contributed by atoms with E-state index in [4.69, 9.17) is 4.55 Å². The van der Waals surface area contributed by atoms with E-state index >= 15 is 0 Å². The van der Waals surface area contributed by atoms with Crippen molar-refractivity contribution in [1.29, 1.82) is 0 Å². The smallest absolute Gasteiger partial charge is 0.323 e. The molecule has 54 valence electrons. The molecule has 0 aliphatic rings. The second-order valence-corrected chi connectivity index (χ2v) is 2.70. The van der Waals surface area contributed by atoms with Crippen LogP contribution in [0.25, 0.3) is 0 Å². The van der Waals surface area contributed by atoms with Crippen molar-refractivity contribution >= 4 is 17.0 Å². The number of ether oxygens (including phenoxy) is 1. The Morgan fingerprint density at radius 3 is 2.33 bits per heavy atom. The summed E-state index contributed by atoms with van der Waals surface area (Å²) in [5.41, 5.74) is 0. The van der Waals surface area contributed by atoms with Gasteiger partial charge in [0.1, 0.15) is 0 Å². The lowest BCUT2D eigenvalue weighted by atomic mass is 10.5. The third kappa shape index (κ3) is 2.57. The van der Waals surface area contributed by atoms with Gasteiger partial charge in [-0.25, -0.2) is 4.21 Å². The van der Waals surface area contributed by atoms with Crippen LogP contribution in [0.3, 0.4) is 0 Å². The van der Waals surface area contributed by atoms with Gasteiger partial charge in [0.15, 0.2) is 16.3 Å². The molecule has 0 aromatic heterocycles. The van der Waals surface area contributed by atoms with E-state index in [1.54, 1.807) is 0 Å². The molecule has 0 aromatic carbocycles. The van der Waals surface area contributed by atoms with E-state index < -0.39 is 22.3 Å². The highest BCUT2D eigenvalue weighted by atomic mass is 32.2. The van der Waals surface area contributed by atoms with Gasteiger partial charge in [-0.2, -0.15) is 0 Å². The number of hydrogen-bond donors (Lipinski definition) is 1. The van der Waals surface area contributed by atoms with Gasteiger partial charge in [-0.05, 0) is 6.92 Å². The summed E-state index contributed by atoms with van der Waals surface area (Å²) < 4.78 is 22.6. The van der Waals surface area contributed by atoms with E-state index in [0.29, 0.717) is 0 Å². The van der Waals surface area contributed by atoms with Gasteiger partial charge in [0.2, 0.25) is 0 Å². The highest BCUT2D eigenvalue weighted by Crippen LogP contribution is 1.93. The van der Waals surface area contributed by atoms with Crippen LogP contribution in [-0.2, 0) is 20.6 Å². The van der Waals surface area contributed by atoms with Gasteiger partial charge in [0, 0.05) is 0 Å². The van der Waals surface area contributed by atoms with Crippen LogP contribution in [-0.4, -0.2) is 27.1 Å². The summed E-state index contributed by atoms with van der Waals surface area (Å²) in [7, 11) is 1.17. The summed E-state index contributed by atoms with van der Waals surface area (Å²) in [6.45, 7) is 1.32. The van der Waals surface area contributed by atoms with Crippen LogP contribution in [0.4, 0.5) is 0 Å². The fourth-order valence-electron chi connectivity index (χ4n) is 0.248. The van der Waals surface area contributed by atoms with Crippen LogP contribution in [0.15, 0.2) is 0 Å². The van der Waals surface area contributed by atoms with Crippen LogP contribution < -0.4 is 0 Å². The maximum atomic E-state index is 10.4. The maximum Gasteiger partial charge on any atom is 0.323 e. The summed E-state index contributed by atoms with van der Waals surface area (Å²) in [6, 6.07) is 0. The number of methoxy groups -OCH3 is 1. The standard InChI is InChI=1S/C4H8O4S/c1-3(9(6)7)4(5)8-2/h3H,1-2H3,(H,6,7). The zero-order valence-corrected chi connectivity index (χ0v) is 5.97. The van der Waals surface area contributed by atoms with Gasteiger partial charge in [0.25, 0.3) is 0 Å². The molecule has 4 nitrogen and oxygen atoms in total. The van der Waals surface area contributed by atoms with Crippen molar-refractivity contribution in [2.75, 3.05) is 7.11 Å². The molecular weight excluding hydrogens is 144 g/mol. The number of carbonyl (C=O) groups is 1. The second-order valence-electron chi connectivity index (χ2n) is 1.44. The van der Waals surface area contributed by atoms with Gasteiger partial charge >= 0.3 is 5.97 Å². The molecule has 2 unspecified atom stereocenters. The Bertz CT molecular complexity index is 133. The molecule has 0 aromatic rings. The Morgan fingerprint density at radius 2 is 2.22 bits per heavy atom. The van der Waals surface area contributed by atoms with Gasteiger partial charge in [-0.3, -0.25) is 4.79 Å². The first-order valence-electron chi connectivity index (χ1n) is 2.27. The predicted molar refractivity (Wildman–Crippen MR) is 32.2 cm³/mol. The monoisotopic (exact) mass is 152 g/mol. The molecule has 0 bridgehead atoms. The summed E-state index contributed by atoms with van der Waals surface area (Å²) in [5, 5.41) is -0.949. The van der Waals surface area contributed by atoms with E-state index in [1.165, 1.54) is 14.0 Å². The van der Waals surface area contributed by atoms with E-state index in [0.717, 1.165) is 0 Å². The van der Waals surface area contributed by atoms with Crippen molar-refractivity contribution in [3.8, 4) is 0 Å². The molecule has 0 saturated carbocycles. The van der Waals surface area contributed by atoms with E-state index in [2.05, 4.69) is 4.74 Å². The molecule has 0 heterocycles. The lowest BCUT2D eigenvalue weighted by molar-refractivity contribution is -0.139. The van der Waals surface area contributed by atoms with Crippen molar-refractivity contribution in [1.82, 2.24) is 0 Å². The van der Waals surface area contributed by atoms with Crippen LogP contribution >= 0.6 is 0 Å². The van der Waals surface area contributed by atoms with Crippen LogP contribution in [0.5, 0.6) is 0 Å². The number of carbonyl (C=O) groups excluding carboxylic acids is 1. The number of hydrogen-bond acceptors (Lipinski definition) is 3. The molecule has 1 N–H and O–H groups in total. The van der Waals surface area contributed by atoms with E-state index in [1.807, 2.05) is 0 Å². The minimum Gasteiger partial charge on any atom is -0.468 e. The lowest BCUT2D eigenvalue weighted by Gasteiger charge is -2.01. The zero-order valence-electron chi connectivity index (χ0n) is 5.16. The molecule has 0 aliphatic carbocycles. The van der Waals surface area contributed by atoms with Crippen LogP contribution in [0.1, 0.15) is 6.92 Å². The van der Waals surface area contributed by atoms with Crippen LogP contribution in [0, 0.1) is 0 Å². The van der Waals surface area contributed by atoms with E-state index in [9.17, 15) is 9.00 Å². The predicted octanol–water partition coefficient (Wildman–Crippen LogP) is -0.230. The fraction of sp³-hybridized carbons (Fsp3) is 0.750. The SMILES string of the molecule is COC(=O)C(C)S(=O)O. The van der Waals surface area contributed by atoms with Crippen molar-refractivity contribution < 1.29 is 18.3 Å². The third-order valence-corrected chi connectivity index (χ3v) is 1.63. The number of esters is 1. The highest BCUT2D eigenvalue weighted by Gasteiger charge is 2.18. The summed E-state index contributed by atoms with van der Waals surface area (Å²) in [4.78, 5) is 10.4. The Kier molecular flexibility index (Phi) is 3.41. The quantitative estimate of drug-likeness (QED) is 0.438. The Hall–Kier alpha value is -0.420. The first-order valence-corrected chi connectivity index (χ1v) is 3.44. The largest absolute Gasteiger partial charge is 0.468 e. The first kappa shape index (κ1) is 8.58. The summed E-state index contributed by atoms with van der Waals surface area (Å²) in [6.07, 6.45) is 0. The minimum absolute atomic E-state index is 0.671. The Labute approximate surface area is 55.5 Å². The highest BCUT2D eigenvalue weighted by molar-refractivity contribution is 7.80. The Balaban J connectivity index is 3.88. The average Bonchev–Trinajstić information content (AvgIpc) is 1.84. The molecule has 5 heteroatoms. The first-order chi connectivity index (χ1) is 4.09. The van der Waals surface area contributed by atoms with Gasteiger partial charge in [-0.15, -0.1) is 0 Å². The minimum atomic E-state index is -2.11. The van der Waals surface area contributed by atoms with Gasteiger partial charge in [0.05, 0.1) is 7.11 Å². The number of rotatable bonds is 2. The summed E-state index contributed by atoms with van der Waals surface area (Å²) >= 11 is -2.11. The Morgan fingerprint density at radius 1 is 1.78 bits per heavy atom. The molecule has 0 amide bonds. The molecule has 9 heavy (non-hydrogen) atoms. The molecule has 0 fully saturated rings. The molecule has 0 rings (SSSR count). The molecule has 0 saturated heterocycles. The third-order valence-electron chi connectivity index (χ3n) is 0.836. The van der Waals surface area contributed by atoms with E-state index in [-0.39, 0.29) is 0 Å². The molecular formula is C4H8O4S. The van der Waals surface area contributed by atoms with Crippen molar-refractivity contribution in [3.05, 3.63) is 0 Å². The normalized spacial score (nSPS) is 16.3. The van der Waals surface area contributed by atoms with Crippen LogP contribution in [0.2, 0.25) is 0 Å². The fourth-order valence-corrected chi connectivity index (χ4v) is 0.509. The lowest BCUT2D eigenvalue weighted by Crippen LogP contribution is -2.22. The van der Waals surface area contributed by atoms with Crippen molar-refractivity contribution in [2.24, 2.45) is 0 Å². The maximum absolute atomic E-state index is 10.4. The van der Waals surface area contributed by atoms with Crippen molar-refractivity contribution in [2.45, 2.75) is 12.2 Å². The topological polar surface area (TPSA) is 63.6 Å². The average molecular weight is 152 g/mol. The zero-order chi connectivity index (χ0) is 7.44. The van der Waals surface area contributed by atoms with Gasteiger partial charge in [-0.1, -0.05) is 0 Å². The summed E-state index contributed by atoms with van der Waals surface area (Å²) in [5.74, 6) is -0.671. The molecule has 0 aliphatic heterocycles. The van der Waals surface area contributed by atoms with Crippen molar-refractivity contribution in [3.63, 3.8) is 0 Å². The van der Waals surface area contributed by atoms with Gasteiger partial charge < -0.3 is 9.29 Å².